The Morgan fingerprint density at radius 1 is 1.06 bits per heavy atom. The Morgan fingerprint density at radius 2 is 1.71 bits per heavy atom. The zero-order valence-corrected chi connectivity index (χ0v) is 17.9. The maximum Gasteiger partial charge on any atom is 0.417 e. The summed E-state index contributed by atoms with van der Waals surface area (Å²) in [4.78, 5) is 16.3. The first-order chi connectivity index (χ1) is 14.3. The van der Waals surface area contributed by atoms with Crippen LogP contribution in [0.3, 0.4) is 0 Å². The van der Waals surface area contributed by atoms with Crippen LogP contribution in [-0.4, -0.2) is 19.4 Å². The third-order valence-corrected chi connectivity index (χ3v) is 8.09. The first-order valence-electron chi connectivity index (χ1n) is 9.64. The number of carbonyl (C=O) groups is 1. The maximum absolute atomic E-state index is 13.8. The van der Waals surface area contributed by atoms with E-state index in [1.54, 1.807) is 32.9 Å². The lowest BCUT2D eigenvalue weighted by Crippen LogP contribution is -2.32. The fraction of sp³-hybridized carbons (Fsp3) is 0.364. The van der Waals surface area contributed by atoms with Gasteiger partial charge in [-0.05, 0) is 45.7 Å². The summed E-state index contributed by atoms with van der Waals surface area (Å²) in [7, 11) is -4.32. The van der Waals surface area contributed by atoms with Crippen LogP contribution in [0.2, 0.25) is 0 Å². The van der Waals surface area contributed by atoms with E-state index in [0.29, 0.717) is 5.56 Å². The van der Waals surface area contributed by atoms with Crippen molar-refractivity contribution in [1.29, 1.82) is 0 Å². The Morgan fingerprint density at radius 3 is 2.29 bits per heavy atom. The molecule has 0 atom stereocenters. The van der Waals surface area contributed by atoms with Gasteiger partial charge in [0.1, 0.15) is 15.3 Å². The molecule has 2 aliphatic rings. The van der Waals surface area contributed by atoms with Crippen LogP contribution in [-0.2, 0) is 30.3 Å². The fourth-order valence-corrected chi connectivity index (χ4v) is 6.05. The van der Waals surface area contributed by atoms with E-state index in [4.69, 9.17) is 4.74 Å². The van der Waals surface area contributed by atoms with Gasteiger partial charge in [-0.2, -0.15) is 13.2 Å². The molecule has 0 N–H and O–H groups in total. The molecule has 0 unspecified atom stereocenters. The van der Waals surface area contributed by atoms with E-state index in [1.165, 1.54) is 18.3 Å². The van der Waals surface area contributed by atoms with E-state index in [9.17, 15) is 26.4 Å². The molecule has 1 fully saturated rings. The quantitative estimate of drug-likeness (QED) is 0.605. The number of aromatic nitrogens is 1. The summed E-state index contributed by atoms with van der Waals surface area (Å²) in [6, 6.07) is 7.54. The second kappa shape index (κ2) is 6.66. The van der Waals surface area contributed by atoms with Gasteiger partial charge in [0, 0.05) is 17.3 Å². The van der Waals surface area contributed by atoms with Crippen LogP contribution in [0, 0.1) is 5.41 Å². The lowest BCUT2D eigenvalue weighted by Gasteiger charge is -2.30. The number of fused-ring (bicyclic) bond motifs is 2. The summed E-state index contributed by atoms with van der Waals surface area (Å²) in [6.45, 7) is 4.70. The first-order valence-corrected chi connectivity index (χ1v) is 11.1. The molecule has 1 aromatic heterocycles. The van der Waals surface area contributed by atoms with Crippen molar-refractivity contribution in [3.05, 3.63) is 65.0 Å². The van der Waals surface area contributed by atoms with Crippen molar-refractivity contribution in [1.82, 2.24) is 4.98 Å². The van der Waals surface area contributed by atoms with Crippen molar-refractivity contribution in [3.63, 3.8) is 0 Å². The predicted octanol–water partition coefficient (Wildman–Crippen LogP) is 4.93. The number of hydrogen-bond donors (Lipinski definition) is 0. The molecule has 5 nitrogen and oxygen atoms in total. The smallest absolute Gasteiger partial charge is 0.417 e. The molecule has 1 aromatic carbocycles. The average molecular weight is 451 g/mol. The second-order valence-electron chi connectivity index (χ2n) is 8.74. The topological polar surface area (TPSA) is 73.3 Å². The van der Waals surface area contributed by atoms with Gasteiger partial charge in [0.2, 0.25) is 0 Å². The summed E-state index contributed by atoms with van der Waals surface area (Å²) in [6.07, 6.45) is -2.90. The maximum atomic E-state index is 13.8. The van der Waals surface area contributed by atoms with Crippen molar-refractivity contribution in [3.8, 4) is 0 Å². The molecule has 31 heavy (non-hydrogen) atoms. The van der Waals surface area contributed by atoms with Gasteiger partial charge in [-0.3, -0.25) is 9.78 Å². The van der Waals surface area contributed by atoms with Crippen molar-refractivity contribution in [2.24, 2.45) is 5.41 Å². The third kappa shape index (κ3) is 3.26. The summed E-state index contributed by atoms with van der Waals surface area (Å²) in [5, 5.41) is 0. The highest BCUT2D eigenvalue weighted by atomic mass is 32.2. The van der Waals surface area contributed by atoms with E-state index in [-0.39, 0.29) is 18.5 Å². The van der Waals surface area contributed by atoms with Crippen molar-refractivity contribution < 1.29 is 31.1 Å². The number of nitrogens with zero attached hydrogens (tertiary/aromatic N) is 1. The van der Waals surface area contributed by atoms with Gasteiger partial charge < -0.3 is 4.74 Å². The number of halogens is 3. The van der Waals surface area contributed by atoms with Crippen LogP contribution >= 0.6 is 0 Å². The molecule has 0 amide bonds. The van der Waals surface area contributed by atoms with Crippen LogP contribution in [0.25, 0.3) is 10.7 Å². The first kappa shape index (κ1) is 21.5. The van der Waals surface area contributed by atoms with E-state index in [0.717, 1.165) is 12.1 Å². The molecule has 2 heterocycles. The minimum absolute atomic E-state index is 0.0828. The number of hydrogen-bond acceptors (Lipinski definition) is 5. The number of rotatable bonds is 2. The Hall–Kier alpha value is -2.68. The lowest BCUT2D eigenvalue weighted by atomic mass is 9.97. The molecule has 1 aliphatic heterocycles. The number of alkyl halides is 3. The fourth-order valence-electron chi connectivity index (χ4n) is 3.71. The van der Waals surface area contributed by atoms with Gasteiger partial charge in [0.15, 0.2) is 15.6 Å². The number of ether oxygens (including phenoxy) is 1. The normalized spacial score (nSPS) is 19.2. The van der Waals surface area contributed by atoms with E-state index < -0.39 is 53.9 Å². The number of carbonyl (C=O) groups excluding carboxylic acids is 1. The number of benzene rings is 1. The van der Waals surface area contributed by atoms with Crippen LogP contribution in [0.4, 0.5) is 13.2 Å². The van der Waals surface area contributed by atoms with Crippen LogP contribution in [0.15, 0.2) is 42.6 Å². The van der Waals surface area contributed by atoms with Crippen LogP contribution in [0.5, 0.6) is 0 Å². The molecule has 0 radical (unpaired) electrons. The molecular formula is C22H20F3NO4S. The standard InChI is InChI=1S/C22H20F3NO4S/c1-20(2,3)19(27)30-17-16-15(9-6-12-26-16)21(10-11-21)31(28,29)18(17)13-7-4-5-8-14(13)22(23,24)25/h4-9,12H,10-11H2,1-3H3. The SMILES string of the molecule is CC(C)(C)C(=O)OC1=C(c2ccccc2C(F)(F)F)S(=O)(=O)C2(CC2)c2cccnc21. The lowest BCUT2D eigenvalue weighted by molar-refractivity contribution is -0.145. The predicted molar refractivity (Wildman–Crippen MR) is 108 cm³/mol. The number of pyridine rings is 1. The molecule has 1 saturated carbocycles. The number of esters is 1. The van der Waals surface area contributed by atoms with Crippen LogP contribution < -0.4 is 0 Å². The minimum atomic E-state index is -4.81. The largest absolute Gasteiger partial charge is 0.422 e. The molecule has 0 bridgehead atoms. The molecule has 4 rings (SSSR count). The highest BCUT2D eigenvalue weighted by molar-refractivity contribution is 8.02. The van der Waals surface area contributed by atoms with Gasteiger partial charge >= 0.3 is 12.1 Å². The zero-order chi connectivity index (χ0) is 22.8. The van der Waals surface area contributed by atoms with Gasteiger partial charge in [-0.1, -0.05) is 24.3 Å². The molecule has 0 saturated heterocycles. The minimum Gasteiger partial charge on any atom is -0.422 e. The van der Waals surface area contributed by atoms with Crippen LogP contribution in [0.1, 0.15) is 56.0 Å². The highest BCUT2D eigenvalue weighted by Gasteiger charge is 2.62. The Kier molecular flexibility index (Phi) is 4.63. The summed E-state index contributed by atoms with van der Waals surface area (Å²) >= 11 is 0. The monoisotopic (exact) mass is 451 g/mol. The van der Waals surface area contributed by atoms with Crippen molar-refractivity contribution in [2.45, 2.75) is 44.5 Å². The summed E-state index contributed by atoms with van der Waals surface area (Å²) < 4.78 is 73.0. The summed E-state index contributed by atoms with van der Waals surface area (Å²) in [5.74, 6) is -1.23. The van der Waals surface area contributed by atoms with E-state index >= 15 is 0 Å². The molecule has 2 aromatic rings. The van der Waals surface area contributed by atoms with E-state index in [2.05, 4.69) is 4.98 Å². The van der Waals surface area contributed by atoms with Gasteiger partial charge in [-0.15, -0.1) is 0 Å². The number of sulfone groups is 1. The zero-order valence-electron chi connectivity index (χ0n) is 17.1. The van der Waals surface area contributed by atoms with Gasteiger partial charge in [0.25, 0.3) is 0 Å². The third-order valence-electron chi connectivity index (χ3n) is 5.49. The van der Waals surface area contributed by atoms with E-state index in [1.807, 2.05) is 0 Å². The second-order valence-corrected chi connectivity index (χ2v) is 10.9. The molecule has 1 aliphatic carbocycles. The van der Waals surface area contributed by atoms with Gasteiger partial charge in [-0.25, -0.2) is 8.42 Å². The highest BCUT2D eigenvalue weighted by Crippen LogP contribution is 2.62. The Balaban J connectivity index is 2.10. The van der Waals surface area contributed by atoms with Gasteiger partial charge in [0.05, 0.1) is 11.0 Å². The molecule has 164 valence electrons. The molecular weight excluding hydrogens is 431 g/mol. The summed E-state index contributed by atoms with van der Waals surface area (Å²) in [5.41, 5.74) is -2.25. The van der Waals surface area contributed by atoms with Crippen molar-refractivity contribution in [2.75, 3.05) is 0 Å². The van der Waals surface area contributed by atoms with Crippen molar-refractivity contribution >= 4 is 26.5 Å². The molecule has 9 heteroatoms. The average Bonchev–Trinajstić information content (AvgIpc) is 3.47. The Labute approximate surface area is 177 Å². The molecule has 1 spiro atoms. The Bertz CT molecular complexity index is 1220.